The summed E-state index contributed by atoms with van der Waals surface area (Å²) >= 11 is 0. The van der Waals surface area contributed by atoms with E-state index in [1.807, 2.05) is 0 Å². The van der Waals surface area contributed by atoms with Crippen molar-refractivity contribution in [3.05, 3.63) is 24.2 Å². The molecule has 0 aromatic carbocycles. The Morgan fingerprint density at radius 3 is 2.75 bits per heavy atom. The first-order valence-corrected chi connectivity index (χ1v) is 4.35. The molecule has 3 N–H and O–H groups in total. The molecular weight excluding hydrogens is 216 g/mol. The third-order valence-corrected chi connectivity index (χ3v) is 1.51. The fourth-order valence-corrected chi connectivity index (χ4v) is 0.850. The summed E-state index contributed by atoms with van der Waals surface area (Å²) in [6.07, 6.45) is 1.33. The third-order valence-electron chi connectivity index (χ3n) is 1.51. The van der Waals surface area contributed by atoms with Gasteiger partial charge in [0.2, 0.25) is 0 Å². The van der Waals surface area contributed by atoms with Crippen molar-refractivity contribution in [2.75, 3.05) is 13.2 Å². The summed E-state index contributed by atoms with van der Waals surface area (Å²) in [4.78, 5) is 32.5. The van der Waals surface area contributed by atoms with Crippen LogP contribution in [0.5, 0.6) is 0 Å². The van der Waals surface area contributed by atoms with Crippen molar-refractivity contribution in [3.8, 4) is 0 Å². The van der Waals surface area contributed by atoms with Gasteiger partial charge in [-0.3, -0.25) is 14.4 Å². The molecule has 0 saturated carbocycles. The van der Waals surface area contributed by atoms with Gasteiger partial charge in [-0.1, -0.05) is 0 Å². The highest BCUT2D eigenvalue weighted by Crippen LogP contribution is 1.98. The zero-order chi connectivity index (χ0) is 12.0. The fourth-order valence-electron chi connectivity index (χ4n) is 0.850. The van der Waals surface area contributed by atoms with E-state index >= 15 is 0 Å². The topological polar surface area (TPSA) is 112 Å². The molecule has 2 amide bonds. The fraction of sp³-hybridized carbons (Fsp3) is 0.222. The summed E-state index contributed by atoms with van der Waals surface area (Å²) < 4.78 is 9.20. The number of amides is 2. The summed E-state index contributed by atoms with van der Waals surface area (Å²) in [6, 6.07) is 2.99. The lowest BCUT2D eigenvalue weighted by Gasteiger charge is -2.03. The number of carbonyl (C=O) groups excluding carboxylic acids is 3. The largest absolute Gasteiger partial charge is 0.459 e. The summed E-state index contributed by atoms with van der Waals surface area (Å²) in [5.74, 6) is -1.96. The highest BCUT2D eigenvalue weighted by Gasteiger charge is 2.11. The van der Waals surface area contributed by atoms with Crippen molar-refractivity contribution in [3.63, 3.8) is 0 Å². The molecule has 1 rings (SSSR count). The smallest absolute Gasteiger partial charge is 0.325 e. The average Bonchev–Trinajstić information content (AvgIpc) is 2.76. The number of primary amides is 1. The van der Waals surface area contributed by atoms with Gasteiger partial charge in [0, 0.05) is 0 Å². The summed E-state index contributed by atoms with van der Waals surface area (Å²) in [7, 11) is 0. The quantitative estimate of drug-likeness (QED) is 0.628. The Morgan fingerprint density at radius 1 is 1.44 bits per heavy atom. The molecule has 7 heteroatoms. The van der Waals surface area contributed by atoms with E-state index in [0.29, 0.717) is 0 Å². The number of nitrogens with two attached hydrogens (primary N) is 1. The van der Waals surface area contributed by atoms with Gasteiger partial charge < -0.3 is 20.2 Å². The zero-order valence-corrected chi connectivity index (χ0v) is 8.26. The predicted molar refractivity (Wildman–Crippen MR) is 51.2 cm³/mol. The van der Waals surface area contributed by atoms with E-state index in [2.05, 4.69) is 10.1 Å². The summed E-state index contributed by atoms with van der Waals surface area (Å²) in [5, 5.41) is 2.25. The maximum absolute atomic E-state index is 11.2. The molecule has 16 heavy (non-hydrogen) atoms. The maximum atomic E-state index is 11.2. The molecule has 0 spiro atoms. The Kier molecular flexibility index (Phi) is 4.07. The van der Waals surface area contributed by atoms with Gasteiger partial charge in [0.15, 0.2) is 12.4 Å². The predicted octanol–water partition coefficient (Wildman–Crippen LogP) is -0.962. The van der Waals surface area contributed by atoms with E-state index < -0.39 is 24.4 Å². The van der Waals surface area contributed by atoms with Crippen LogP contribution < -0.4 is 11.1 Å². The Bertz CT molecular complexity index is 385. The SMILES string of the molecule is NC(=O)COC(=O)CNC(=O)c1ccco1. The van der Waals surface area contributed by atoms with Gasteiger partial charge in [0.25, 0.3) is 11.8 Å². The molecule has 7 nitrogen and oxygen atoms in total. The van der Waals surface area contributed by atoms with Crippen molar-refractivity contribution in [1.29, 1.82) is 0 Å². The van der Waals surface area contributed by atoms with Crippen LogP contribution >= 0.6 is 0 Å². The van der Waals surface area contributed by atoms with Crippen LogP contribution in [0.25, 0.3) is 0 Å². The molecule has 0 fully saturated rings. The second kappa shape index (κ2) is 5.54. The van der Waals surface area contributed by atoms with Gasteiger partial charge >= 0.3 is 5.97 Å². The van der Waals surface area contributed by atoms with Gasteiger partial charge in [-0.25, -0.2) is 0 Å². The maximum Gasteiger partial charge on any atom is 0.325 e. The van der Waals surface area contributed by atoms with Crippen molar-refractivity contribution in [2.24, 2.45) is 5.73 Å². The Labute approximate surface area is 90.5 Å². The number of esters is 1. The van der Waals surface area contributed by atoms with E-state index in [0.717, 1.165) is 0 Å². The molecule has 0 aliphatic carbocycles. The van der Waals surface area contributed by atoms with E-state index in [1.54, 1.807) is 6.07 Å². The molecule has 1 aromatic heterocycles. The minimum absolute atomic E-state index is 0.0858. The number of furan rings is 1. The van der Waals surface area contributed by atoms with E-state index in [9.17, 15) is 14.4 Å². The minimum Gasteiger partial charge on any atom is -0.459 e. The molecule has 86 valence electrons. The molecule has 0 radical (unpaired) electrons. The molecular formula is C9H10N2O5. The first-order chi connectivity index (χ1) is 7.59. The molecule has 1 heterocycles. The molecule has 0 aliphatic rings. The molecule has 0 atom stereocenters. The van der Waals surface area contributed by atoms with Crippen LogP contribution in [0.15, 0.2) is 22.8 Å². The second-order valence-corrected chi connectivity index (χ2v) is 2.79. The third kappa shape index (κ3) is 3.82. The number of rotatable bonds is 5. The van der Waals surface area contributed by atoms with Crippen molar-refractivity contribution in [1.82, 2.24) is 5.32 Å². The zero-order valence-electron chi connectivity index (χ0n) is 8.26. The van der Waals surface area contributed by atoms with Gasteiger partial charge in [0.05, 0.1) is 6.26 Å². The summed E-state index contributed by atoms with van der Waals surface area (Å²) in [5.41, 5.74) is 4.76. The normalized spacial score (nSPS) is 9.50. The number of ether oxygens (including phenoxy) is 1. The van der Waals surface area contributed by atoms with Crippen LogP contribution in [-0.4, -0.2) is 30.9 Å². The number of hydrogen-bond acceptors (Lipinski definition) is 5. The first-order valence-electron chi connectivity index (χ1n) is 4.35. The molecule has 0 aliphatic heterocycles. The van der Waals surface area contributed by atoms with Gasteiger partial charge in [-0.15, -0.1) is 0 Å². The average molecular weight is 226 g/mol. The van der Waals surface area contributed by atoms with Crippen LogP contribution in [0.3, 0.4) is 0 Å². The van der Waals surface area contributed by atoms with Gasteiger partial charge in [0.1, 0.15) is 6.54 Å². The number of nitrogens with one attached hydrogen (secondary N) is 1. The lowest BCUT2D eigenvalue weighted by molar-refractivity contribution is -0.146. The van der Waals surface area contributed by atoms with E-state index in [4.69, 9.17) is 10.2 Å². The van der Waals surface area contributed by atoms with Crippen molar-refractivity contribution in [2.45, 2.75) is 0 Å². The molecule has 0 saturated heterocycles. The monoisotopic (exact) mass is 226 g/mol. The highest BCUT2D eigenvalue weighted by molar-refractivity contribution is 5.93. The molecule has 0 unspecified atom stereocenters. The lowest BCUT2D eigenvalue weighted by atomic mass is 10.4. The van der Waals surface area contributed by atoms with Crippen molar-refractivity contribution < 1.29 is 23.5 Å². The van der Waals surface area contributed by atoms with Crippen LogP contribution in [0, 0.1) is 0 Å². The minimum atomic E-state index is -0.759. The van der Waals surface area contributed by atoms with Gasteiger partial charge in [-0.05, 0) is 12.1 Å². The molecule has 1 aromatic rings. The highest BCUT2D eigenvalue weighted by atomic mass is 16.5. The number of hydrogen-bond donors (Lipinski definition) is 2. The van der Waals surface area contributed by atoms with E-state index in [1.165, 1.54) is 12.3 Å². The van der Waals surface area contributed by atoms with Crippen LogP contribution in [0.1, 0.15) is 10.6 Å². The summed E-state index contributed by atoms with van der Waals surface area (Å²) in [6.45, 7) is -0.859. The van der Waals surface area contributed by atoms with Crippen LogP contribution in [0.4, 0.5) is 0 Å². The van der Waals surface area contributed by atoms with Crippen LogP contribution in [-0.2, 0) is 14.3 Å². The Morgan fingerprint density at radius 2 is 2.19 bits per heavy atom. The Hall–Kier alpha value is -2.31. The van der Waals surface area contributed by atoms with Crippen LogP contribution in [0.2, 0.25) is 0 Å². The van der Waals surface area contributed by atoms with E-state index in [-0.39, 0.29) is 12.3 Å². The van der Waals surface area contributed by atoms with Gasteiger partial charge in [-0.2, -0.15) is 0 Å². The molecule has 0 bridgehead atoms. The first kappa shape index (κ1) is 11.8. The number of carbonyl (C=O) groups is 3. The lowest BCUT2D eigenvalue weighted by Crippen LogP contribution is -2.32. The second-order valence-electron chi connectivity index (χ2n) is 2.79. The Balaban J connectivity index is 2.27. The van der Waals surface area contributed by atoms with Crippen molar-refractivity contribution >= 4 is 17.8 Å². The standard InChI is InChI=1S/C9H10N2O5/c10-7(12)5-16-8(13)4-11-9(14)6-2-1-3-15-6/h1-3H,4-5H2,(H2,10,12)(H,11,14).